The predicted molar refractivity (Wildman–Crippen MR) is 68.0 cm³/mol. The Morgan fingerprint density at radius 3 is 2.39 bits per heavy atom. The Bertz CT molecular complexity index is 494. The van der Waals surface area contributed by atoms with E-state index in [-0.39, 0.29) is 12.4 Å². The lowest BCUT2D eigenvalue weighted by Gasteiger charge is -2.06. The van der Waals surface area contributed by atoms with Crippen LogP contribution >= 0.6 is 0 Å². The highest BCUT2D eigenvalue weighted by molar-refractivity contribution is 5.24. The first-order chi connectivity index (χ1) is 8.78. The second-order valence-electron chi connectivity index (χ2n) is 4.03. The predicted octanol–water partition coefficient (Wildman–Crippen LogP) is 2.94. The monoisotopic (exact) mass is 246 g/mol. The molecule has 0 aliphatic rings. The van der Waals surface area contributed by atoms with E-state index in [0.29, 0.717) is 12.4 Å². The molecule has 0 heterocycles. The van der Waals surface area contributed by atoms with E-state index in [4.69, 9.17) is 9.84 Å². The van der Waals surface area contributed by atoms with Crippen molar-refractivity contribution in [3.63, 3.8) is 0 Å². The van der Waals surface area contributed by atoms with Gasteiger partial charge >= 0.3 is 0 Å². The van der Waals surface area contributed by atoms with Crippen molar-refractivity contribution in [2.45, 2.75) is 13.0 Å². The Morgan fingerprint density at radius 1 is 1.00 bits per heavy atom. The van der Waals surface area contributed by atoms with Crippen LogP contribution in [0.3, 0.4) is 0 Å². The summed E-state index contributed by atoms with van der Waals surface area (Å²) in [5.74, 6) is 0.252. The van der Waals surface area contributed by atoms with Gasteiger partial charge in [0.1, 0.15) is 11.6 Å². The standard InChI is InChI=1S/C15H15FO2/c16-14-2-1-3-15(10-14)18-9-8-12-4-6-13(11-17)7-5-12/h1-7,10,17H,8-9,11H2. The highest BCUT2D eigenvalue weighted by Crippen LogP contribution is 2.12. The number of hydrogen-bond donors (Lipinski definition) is 1. The average molecular weight is 246 g/mol. The summed E-state index contributed by atoms with van der Waals surface area (Å²) in [6, 6.07) is 13.8. The Balaban J connectivity index is 1.84. The molecule has 94 valence electrons. The van der Waals surface area contributed by atoms with E-state index in [9.17, 15) is 4.39 Å². The van der Waals surface area contributed by atoms with Crippen LogP contribution in [0.25, 0.3) is 0 Å². The smallest absolute Gasteiger partial charge is 0.126 e. The summed E-state index contributed by atoms with van der Waals surface area (Å²) < 4.78 is 18.4. The number of halogens is 1. The van der Waals surface area contributed by atoms with Gasteiger partial charge in [-0.05, 0) is 23.3 Å². The lowest BCUT2D eigenvalue weighted by Crippen LogP contribution is -2.01. The molecule has 2 rings (SSSR count). The highest BCUT2D eigenvalue weighted by Gasteiger charge is 1.98. The highest BCUT2D eigenvalue weighted by atomic mass is 19.1. The van der Waals surface area contributed by atoms with E-state index in [0.717, 1.165) is 17.5 Å². The van der Waals surface area contributed by atoms with Crippen molar-refractivity contribution >= 4 is 0 Å². The normalized spacial score (nSPS) is 10.3. The van der Waals surface area contributed by atoms with Gasteiger partial charge in [-0.25, -0.2) is 4.39 Å². The molecular weight excluding hydrogens is 231 g/mol. The van der Waals surface area contributed by atoms with Gasteiger partial charge in [0, 0.05) is 12.5 Å². The first-order valence-corrected chi connectivity index (χ1v) is 5.85. The van der Waals surface area contributed by atoms with Crippen LogP contribution in [0.2, 0.25) is 0 Å². The maximum Gasteiger partial charge on any atom is 0.126 e. The van der Waals surface area contributed by atoms with Gasteiger partial charge in [-0.2, -0.15) is 0 Å². The summed E-state index contributed by atoms with van der Waals surface area (Å²) in [7, 11) is 0. The lowest BCUT2D eigenvalue weighted by molar-refractivity contribution is 0.282. The van der Waals surface area contributed by atoms with Crippen LogP contribution in [-0.2, 0) is 13.0 Å². The summed E-state index contributed by atoms with van der Waals surface area (Å²) in [4.78, 5) is 0. The molecule has 0 atom stereocenters. The zero-order valence-corrected chi connectivity index (χ0v) is 9.97. The van der Waals surface area contributed by atoms with Gasteiger partial charge in [0.2, 0.25) is 0 Å². The molecule has 0 bridgehead atoms. The zero-order chi connectivity index (χ0) is 12.8. The van der Waals surface area contributed by atoms with Crippen molar-refractivity contribution in [1.29, 1.82) is 0 Å². The van der Waals surface area contributed by atoms with E-state index in [1.54, 1.807) is 12.1 Å². The van der Waals surface area contributed by atoms with Crippen LogP contribution in [0.1, 0.15) is 11.1 Å². The number of aliphatic hydroxyl groups excluding tert-OH is 1. The molecule has 0 saturated carbocycles. The Kier molecular flexibility index (Phi) is 4.31. The maximum atomic E-state index is 12.9. The van der Waals surface area contributed by atoms with Crippen molar-refractivity contribution in [1.82, 2.24) is 0 Å². The fourth-order valence-corrected chi connectivity index (χ4v) is 1.65. The summed E-state index contributed by atoms with van der Waals surface area (Å²) in [6.07, 6.45) is 0.752. The quantitative estimate of drug-likeness (QED) is 0.879. The Morgan fingerprint density at radius 2 is 1.72 bits per heavy atom. The summed E-state index contributed by atoms with van der Waals surface area (Å²) in [5.41, 5.74) is 2.02. The molecule has 18 heavy (non-hydrogen) atoms. The van der Waals surface area contributed by atoms with Gasteiger partial charge in [0.05, 0.1) is 13.2 Å². The fraction of sp³-hybridized carbons (Fsp3) is 0.200. The van der Waals surface area contributed by atoms with Crippen LogP contribution in [0.5, 0.6) is 5.75 Å². The third-order valence-electron chi connectivity index (χ3n) is 2.66. The molecule has 0 saturated heterocycles. The molecule has 0 fully saturated rings. The minimum absolute atomic E-state index is 0.0556. The summed E-state index contributed by atoms with van der Waals surface area (Å²) in [6.45, 7) is 0.558. The molecule has 1 N–H and O–H groups in total. The molecule has 2 aromatic carbocycles. The fourth-order valence-electron chi connectivity index (χ4n) is 1.65. The van der Waals surface area contributed by atoms with Crippen LogP contribution in [-0.4, -0.2) is 11.7 Å². The van der Waals surface area contributed by atoms with Gasteiger partial charge in [0.25, 0.3) is 0 Å². The van der Waals surface area contributed by atoms with Crippen molar-refractivity contribution in [2.75, 3.05) is 6.61 Å². The van der Waals surface area contributed by atoms with Crippen LogP contribution in [0.4, 0.5) is 4.39 Å². The molecule has 2 nitrogen and oxygen atoms in total. The first-order valence-electron chi connectivity index (χ1n) is 5.85. The molecular formula is C15H15FO2. The number of ether oxygens (including phenoxy) is 1. The van der Waals surface area contributed by atoms with Crippen LogP contribution < -0.4 is 4.74 Å². The molecule has 2 aromatic rings. The molecule has 0 radical (unpaired) electrons. The second kappa shape index (κ2) is 6.17. The third-order valence-corrected chi connectivity index (χ3v) is 2.66. The molecule has 3 heteroatoms. The van der Waals surface area contributed by atoms with E-state index in [1.165, 1.54) is 12.1 Å². The SMILES string of the molecule is OCc1ccc(CCOc2cccc(F)c2)cc1. The van der Waals surface area contributed by atoms with Crippen molar-refractivity contribution in [3.05, 3.63) is 65.5 Å². The third kappa shape index (κ3) is 3.57. The molecule has 0 unspecified atom stereocenters. The van der Waals surface area contributed by atoms with E-state index >= 15 is 0 Å². The summed E-state index contributed by atoms with van der Waals surface area (Å²) >= 11 is 0. The zero-order valence-electron chi connectivity index (χ0n) is 9.97. The lowest BCUT2D eigenvalue weighted by atomic mass is 10.1. The van der Waals surface area contributed by atoms with Crippen LogP contribution in [0.15, 0.2) is 48.5 Å². The number of aliphatic hydroxyl groups is 1. The average Bonchev–Trinajstić information content (AvgIpc) is 2.40. The summed E-state index contributed by atoms with van der Waals surface area (Å²) in [5, 5.41) is 8.92. The molecule has 0 aliphatic heterocycles. The van der Waals surface area contributed by atoms with Gasteiger partial charge in [0.15, 0.2) is 0 Å². The van der Waals surface area contributed by atoms with Crippen LogP contribution in [0, 0.1) is 5.82 Å². The Labute approximate surface area is 106 Å². The first kappa shape index (κ1) is 12.6. The molecule has 0 aliphatic carbocycles. The minimum Gasteiger partial charge on any atom is -0.493 e. The van der Waals surface area contributed by atoms with Gasteiger partial charge in [-0.1, -0.05) is 30.3 Å². The molecule has 0 spiro atoms. The maximum absolute atomic E-state index is 12.9. The van der Waals surface area contributed by atoms with Crippen molar-refractivity contribution < 1.29 is 14.2 Å². The minimum atomic E-state index is -0.292. The number of hydrogen-bond acceptors (Lipinski definition) is 2. The van der Waals surface area contributed by atoms with Gasteiger partial charge < -0.3 is 9.84 Å². The van der Waals surface area contributed by atoms with Gasteiger partial charge in [-0.3, -0.25) is 0 Å². The van der Waals surface area contributed by atoms with Crippen molar-refractivity contribution in [2.24, 2.45) is 0 Å². The topological polar surface area (TPSA) is 29.5 Å². The van der Waals surface area contributed by atoms with E-state index in [2.05, 4.69) is 0 Å². The van der Waals surface area contributed by atoms with Crippen molar-refractivity contribution in [3.8, 4) is 5.75 Å². The number of benzene rings is 2. The van der Waals surface area contributed by atoms with Gasteiger partial charge in [-0.15, -0.1) is 0 Å². The second-order valence-corrected chi connectivity index (χ2v) is 4.03. The largest absolute Gasteiger partial charge is 0.493 e. The number of rotatable bonds is 5. The molecule has 0 aromatic heterocycles. The van der Waals surface area contributed by atoms with E-state index < -0.39 is 0 Å². The Hall–Kier alpha value is -1.87. The molecule has 0 amide bonds. The van der Waals surface area contributed by atoms with E-state index in [1.807, 2.05) is 24.3 Å².